The number of rotatable bonds is 4. The minimum absolute atomic E-state index is 0.300. The highest BCUT2D eigenvalue weighted by molar-refractivity contribution is 9.10. The molecule has 1 atom stereocenters. The predicted molar refractivity (Wildman–Crippen MR) is 82.5 cm³/mol. The zero-order chi connectivity index (χ0) is 14.7. The van der Waals surface area contributed by atoms with E-state index in [-0.39, 0.29) is 5.82 Å². The van der Waals surface area contributed by atoms with Crippen molar-refractivity contribution in [3.05, 3.63) is 63.4 Å². The van der Waals surface area contributed by atoms with Crippen LogP contribution in [-0.2, 0) is 0 Å². The largest absolute Gasteiger partial charge is 0.494 e. The Bertz CT molecular complexity index is 615. The molecule has 0 aromatic heterocycles. The van der Waals surface area contributed by atoms with Crippen molar-refractivity contribution >= 4 is 15.9 Å². The topological polar surface area (TPSA) is 35.2 Å². The molecular formula is C16H17BrFNO. The number of benzene rings is 2. The molecule has 0 spiro atoms. The molecule has 2 aromatic carbocycles. The van der Waals surface area contributed by atoms with E-state index in [1.165, 1.54) is 6.07 Å². The highest BCUT2D eigenvalue weighted by Gasteiger charge is 2.18. The fourth-order valence-corrected chi connectivity index (χ4v) is 2.50. The van der Waals surface area contributed by atoms with E-state index in [9.17, 15) is 4.39 Å². The maximum atomic E-state index is 14.0. The summed E-state index contributed by atoms with van der Waals surface area (Å²) in [4.78, 5) is 0. The molecule has 4 heteroatoms. The van der Waals surface area contributed by atoms with Crippen LogP contribution in [0.4, 0.5) is 4.39 Å². The fraction of sp³-hybridized carbons (Fsp3) is 0.250. The lowest BCUT2D eigenvalue weighted by molar-refractivity contribution is 0.335. The van der Waals surface area contributed by atoms with Crippen LogP contribution in [0.25, 0.3) is 0 Å². The van der Waals surface area contributed by atoms with E-state index in [0.29, 0.717) is 17.9 Å². The Morgan fingerprint density at radius 2 is 1.95 bits per heavy atom. The summed E-state index contributed by atoms with van der Waals surface area (Å²) in [6.07, 6.45) is 0. The first-order valence-corrected chi connectivity index (χ1v) is 7.26. The van der Waals surface area contributed by atoms with E-state index in [1.807, 2.05) is 32.0 Å². The molecule has 0 amide bonds. The number of hydrogen-bond donors (Lipinski definition) is 1. The van der Waals surface area contributed by atoms with Gasteiger partial charge >= 0.3 is 0 Å². The Morgan fingerprint density at radius 1 is 1.20 bits per heavy atom. The van der Waals surface area contributed by atoms with Gasteiger partial charge in [-0.3, -0.25) is 0 Å². The molecular weight excluding hydrogens is 321 g/mol. The zero-order valence-electron chi connectivity index (χ0n) is 11.5. The van der Waals surface area contributed by atoms with Gasteiger partial charge in [0.2, 0.25) is 0 Å². The molecule has 0 radical (unpaired) electrons. The number of aryl methyl sites for hydroxylation is 1. The van der Waals surface area contributed by atoms with Crippen molar-refractivity contribution in [3.8, 4) is 5.75 Å². The van der Waals surface area contributed by atoms with Crippen molar-refractivity contribution in [3.63, 3.8) is 0 Å². The van der Waals surface area contributed by atoms with Gasteiger partial charge in [0, 0.05) is 15.6 Å². The van der Waals surface area contributed by atoms with Gasteiger partial charge in [0.15, 0.2) is 0 Å². The fourth-order valence-electron chi connectivity index (χ4n) is 2.12. The Morgan fingerprint density at radius 3 is 2.65 bits per heavy atom. The highest BCUT2D eigenvalue weighted by Crippen LogP contribution is 2.32. The zero-order valence-corrected chi connectivity index (χ0v) is 13.1. The summed E-state index contributed by atoms with van der Waals surface area (Å²) in [5.41, 5.74) is 8.47. The highest BCUT2D eigenvalue weighted by atomic mass is 79.9. The van der Waals surface area contributed by atoms with Gasteiger partial charge in [0.05, 0.1) is 12.6 Å². The first-order chi connectivity index (χ1) is 9.52. The van der Waals surface area contributed by atoms with Crippen LogP contribution in [0.3, 0.4) is 0 Å². The number of ether oxygens (including phenoxy) is 1. The molecule has 2 rings (SSSR count). The summed E-state index contributed by atoms with van der Waals surface area (Å²) in [6.45, 7) is 4.36. The van der Waals surface area contributed by atoms with Gasteiger partial charge in [-0.05, 0) is 38.1 Å². The van der Waals surface area contributed by atoms with Crippen molar-refractivity contribution in [1.29, 1.82) is 0 Å². The first kappa shape index (κ1) is 15.0. The maximum Gasteiger partial charge on any atom is 0.128 e. The van der Waals surface area contributed by atoms with Crippen molar-refractivity contribution in [2.45, 2.75) is 19.9 Å². The van der Waals surface area contributed by atoms with Crippen LogP contribution in [0.15, 0.2) is 40.9 Å². The standard InChI is InChI=1S/C16H17BrFNO/c1-3-20-15-7-5-11(17)9-13(15)16(19)12-8-10(2)4-6-14(12)18/h4-9,16H,3,19H2,1-2H3. The van der Waals surface area contributed by atoms with E-state index < -0.39 is 6.04 Å². The molecule has 0 aliphatic rings. The molecule has 0 heterocycles. The lowest BCUT2D eigenvalue weighted by Crippen LogP contribution is -2.15. The quantitative estimate of drug-likeness (QED) is 0.900. The lowest BCUT2D eigenvalue weighted by Gasteiger charge is -2.18. The van der Waals surface area contributed by atoms with Gasteiger partial charge < -0.3 is 10.5 Å². The third kappa shape index (κ3) is 3.19. The van der Waals surface area contributed by atoms with E-state index in [1.54, 1.807) is 12.1 Å². The lowest BCUT2D eigenvalue weighted by atomic mass is 9.97. The van der Waals surface area contributed by atoms with Gasteiger partial charge in [-0.25, -0.2) is 4.39 Å². The van der Waals surface area contributed by atoms with Gasteiger partial charge in [-0.15, -0.1) is 0 Å². The van der Waals surface area contributed by atoms with Gasteiger partial charge in [-0.2, -0.15) is 0 Å². The minimum atomic E-state index is -0.561. The van der Waals surface area contributed by atoms with Crippen molar-refractivity contribution in [1.82, 2.24) is 0 Å². The molecule has 0 aliphatic carbocycles. The monoisotopic (exact) mass is 337 g/mol. The molecule has 1 unspecified atom stereocenters. The molecule has 0 fully saturated rings. The van der Waals surface area contributed by atoms with E-state index >= 15 is 0 Å². The molecule has 2 N–H and O–H groups in total. The smallest absolute Gasteiger partial charge is 0.128 e. The number of halogens is 2. The Kier molecular flexibility index (Phi) is 4.78. The summed E-state index contributed by atoms with van der Waals surface area (Å²) in [5, 5.41) is 0. The van der Waals surface area contributed by atoms with Gasteiger partial charge in [0.1, 0.15) is 11.6 Å². The normalized spacial score (nSPS) is 12.2. The Balaban J connectivity index is 2.49. The van der Waals surface area contributed by atoms with Crippen LogP contribution in [0.2, 0.25) is 0 Å². The Labute approximate surface area is 126 Å². The van der Waals surface area contributed by atoms with Crippen LogP contribution in [0.5, 0.6) is 5.75 Å². The van der Waals surface area contributed by atoms with Crippen LogP contribution >= 0.6 is 15.9 Å². The van der Waals surface area contributed by atoms with Gasteiger partial charge in [0.25, 0.3) is 0 Å². The van der Waals surface area contributed by atoms with Crippen molar-refractivity contribution < 1.29 is 9.13 Å². The summed E-state index contributed by atoms with van der Waals surface area (Å²) in [6, 6.07) is 9.99. The second-order valence-electron chi connectivity index (χ2n) is 4.62. The summed E-state index contributed by atoms with van der Waals surface area (Å²) in [7, 11) is 0. The third-order valence-corrected chi connectivity index (χ3v) is 3.59. The SMILES string of the molecule is CCOc1ccc(Br)cc1C(N)c1cc(C)ccc1F. The molecule has 20 heavy (non-hydrogen) atoms. The average Bonchev–Trinajstić information content (AvgIpc) is 2.43. The molecule has 0 saturated heterocycles. The predicted octanol–water partition coefficient (Wildman–Crippen LogP) is 4.34. The van der Waals surface area contributed by atoms with Crippen molar-refractivity contribution in [2.75, 3.05) is 6.61 Å². The molecule has 0 bridgehead atoms. The van der Waals surface area contributed by atoms with E-state index in [0.717, 1.165) is 15.6 Å². The molecule has 0 saturated carbocycles. The van der Waals surface area contributed by atoms with Crippen molar-refractivity contribution in [2.24, 2.45) is 5.73 Å². The minimum Gasteiger partial charge on any atom is -0.494 e. The summed E-state index contributed by atoms with van der Waals surface area (Å²) < 4.78 is 20.5. The summed E-state index contributed by atoms with van der Waals surface area (Å²) in [5.74, 6) is 0.384. The number of nitrogens with two attached hydrogens (primary N) is 1. The van der Waals surface area contributed by atoms with Crippen LogP contribution in [-0.4, -0.2) is 6.61 Å². The second-order valence-corrected chi connectivity index (χ2v) is 5.53. The molecule has 106 valence electrons. The van der Waals surface area contributed by atoms with Crippen LogP contribution < -0.4 is 10.5 Å². The average molecular weight is 338 g/mol. The van der Waals surface area contributed by atoms with E-state index in [4.69, 9.17) is 10.5 Å². The van der Waals surface area contributed by atoms with Crippen LogP contribution in [0, 0.1) is 12.7 Å². The molecule has 2 nitrogen and oxygen atoms in total. The van der Waals surface area contributed by atoms with Gasteiger partial charge in [-0.1, -0.05) is 33.6 Å². The number of hydrogen-bond acceptors (Lipinski definition) is 2. The maximum absolute atomic E-state index is 14.0. The summed E-state index contributed by atoms with van der Waals surface area (Å²) >= 11 is 3.42. The second kappa shape index (κ2) is 6.37. The first-order valence-electron chi connectivity index (χ1n) is 6.46. The van der Waals surface area contributed by atoms with E-state index in [2.05, 4.69) is 15.9 Å². The van der Waals surface area contributed by atoms with Crippen LogP contribution in [0.1, 0.15) is 29.7 Å². The molecule has 2 aromatic rings. The third-order valence-electron chi connectivity index (χ3n) is 3.09. The Hall–Kier alpha value is -1.39. The molecule has 0 aliphatic heterocycles.